The second kappa shape index (κ2) is 5.51. The molecule has 0 aromatic heterocycles. The zero-order chi connectivity index (χ0) is 15.7. The number of hydrogen-bond acceptors (Lipinski definition) is 2. The number of likely N-dealkylation sites (tertiary alicyclic amines) is 1. The van der Waals surface area contributed by atoms with E-state index in [-0.39, 0.29) is 17.0 Å². The lowest BCUT2D eigenvalue weighted by atomic mass is 9.79. The van der Waals surface area contributed by atoms with Gasteiger partial charge in [0, 0.05) is 22.3 Å². The largest absolute Gasteiger partial charge is 0.329 e. The molecule has 1 saturated heterocycles. The summed E-state index contributed by atoms with van der Waals surface area (Å²) in [5.74, 6) is 0.0577. The lowest BCUT2D eigenvalue weighted by Gasteiger charge is -2.53. The lowest BCUT2D eigenvalue weighted by molar-refractivity contribution is -0.105. The smallest absolute Gasteiger partial charge is 0.254 e. The normalized spacial score (nSPS) is 19.9. The van der Waals surface area contributed by atoms with Gasteiger partial charge in [-0.15, -0.1) is 0 Å². The van der Waals surface area contributed by atoms with E-state index in [0.29, 0.717) is 17.7 Å². The highest BCUT2D eigenvalue weighted by Gasteiger charge is 2.44. The Bertz CT molecular complexity index is 516. The van der Waals surface area contributed by atoms with Crippen molar-refractivity contribution in [3.05, 3.63) is 29.8 Å². The molecule has 2 rings (SSSR count). The highest BCUT2D eigenvalue weighted by molar-refractivity contribution is 5.95. The van der Waals surface area contributed by atoms with Gasteiger partial charge >= 0.3 is 0 Å². The molecule has 0 spiro atoms. The maximum Gasteiger partial charge on any atom is 0.254 e. The Morgan fingerprint density at radius 2 is 1.62 bits per heavy atom. The molecule has 1 aliphatic heterocycles. The molecule has 114 valence electrons. The predicted molar refractivity (Wildman–Crippen MR) is 84.3 cm³/mol. The summed E-state index contributed by atoms with van der Waals surface area (Å²) in [5, 5.41) is 2.58. The van der Waals surface area contributed by atoms with Crippen LogP contribution < -0.4 is 5.32 Å². The first-order valence-electron chi connectivity index (χ1n) is 7.43. The summed E-state index contributed by atoms with van der Waals surface area (Å²) in [6.07, 6.45) is 3.82. The van der Waals surface area contributed by atoms with Gasteiger partial charge in [0.05, 0.1) is 0 Å². The van der Waals surface area contributed by atoms with Crippen molar-refractivity contribution in [2.75, 3.05) is 5.32 Å². The van der Waals surface area contributed by atoms with Crippen molar-refractivity contribution in [1.29, 1.82) is 0 Å². The summed E-state index contributed by atoms with van der Waals surface area (Å²) in [5.41, 5.74) is 1.07. The average Bonchev–Trinajstić information content (AvgIpc) is 2.37. The molecular formula is C17H24N2O2. The number of piperidine rings is 1. The Balaban J connectivity index is 2.30. The zero-order valence-electron chi connectivity index (χ0n) is 13.3. The highest BCUT2D eigenvalue weighted by Crippen LogP contribution is 2.39. The first kappa shape index (κ1) is 15.5. The third-order valence-electron chi connectivity index (χ3n) is 4.35. The maximum atomic E-state index is 12.9. The van der Waals surface area contributed by atoms with Crippen LogP contribution in [-0.2, 0) is 4.79 Å². The third-order valence-corrected chi connectivity index (χ3v) is 4.35. The van der Waals surface area contributed by atoms with Crippen molar-refractivity contribution in [3.8, 4) is 0 Å². The molecule has 4 nitrogen and oxygen atoms in total. The quantitative estimate of drug-likeness (QED) is 0.866. The fraction of sp³-hybridized carbons (Fsp3) is 0.529. The molecule has 0 atom stereocenters. The van der Waals surface area contributed by atoms with Crippen LogP contribution in [0.1, 0.15) is 57.3 Å². The second-order valence-corrected chi connectivity index (χ2v) is 6.96. The van der Waals surface area contributed by atoms with Crippen LogP contribution in [0.3, 0.4) is 0 Å². The van der Waals surface area contributed by atoms with E-state index < -0.39 is 0 Å². The number of hydrogen-bond donors (Lipinski definition) is 1. The van der Waals surface area contributed by atoms with Gasteiger partial charge in [-0.25, -0.2) is 0 Å². The Labute approximate surface area is 126 Å². The number of carbonyl (C=O) groups is 2. The fourth-order valence-corrected chi connectivity index (χ4v) is 3.45. The summed E-state index contributed by atoms with van der Waals surface area (Å²) in [7, 11) is 0. The monoisotopic (exact) mass is 288 g/mol. The van der Waals surface area contributed by atoms with Crippen LogP contribution in [0.4, 0.5) is 5.69 Å². The Morgan fingerprint density at radius 1 is 1.10 bits per heavy atom. The van der Waals surface area contributed by atoms with Crippen LogP contribution in [0.5, 0.6) is 0 Å². The highest BCUT2D eigenvalue weighted by atomic mass is 16.2. The molecule has 1 fully saturated rings. The molecule has 1 aliphatic rings. The van der Waals surface area contributed by atoms with E-state index in [1.807, 2.05) is 4.90 Å². The summed E-state index contributed by atoms with van der Waals surface area (Å²) in [6, 6.07) is 7.06. The molecule has 1 N–H and O–H groups in total. The lowest BCUT2D eigenvalue weighted by Crippen LogP contribution is -2.60. The van der Waals surface area contributed by atoms with Crippen molar-refractivity contribution in [3.63, 3.8) is 0 Å². The van der Waals surface area contributed by atoms with Gasteiger partial charge in [-0.2, -0.15) is 0 Å². The van der Waals surface area contributed by atoms with Crippen LogP contribution in [0, 0.1) is 0 Å². The predicted octanol–water partition coefficient (Wildman–Crippen LogP) is 3.44. The van der Waals surface area contributed by atoms with Crippen molar-refractivity contribution in [2.45, 2.75) is 58.0 Å². The van der Waals surface area contributed by atoms with E-state index in [0.717, 1.165) is 19.3 Å². The molecule has 0 radical (unpaired) electrons. The van der Waals surface area contributed by atoms with Gasteiger partial charge in [0.2, 0.25) is 6.41 Å². The summed E-state index contributed by atoms with van der Waals surface area (Å²) < 4.78 is 0. The van der Waals surface area contributed by atoms with E-state index in [4.69, 9.17) is 0 Å². The molecule has 1 aromatic rings. The standard InChI is InChI=1S/C17H24N2O2/c1-16(2)10-5-11-17(3,4)19(16)15(21)13-6-8-14(9-7-13)18-12-20/h6-9,12H,5,10-11H2,1-4H3,(H,18,20). The third kappa shape index (κ3) is 3.09. The van der Waals surface area contributed by atoms with Crippen LogP contribution in [0.25, 0.3) is 0 Å². The Hall–Kier alpha value is -1.84. The molecule has 2 amide bonds. The molecule has 0 unspecified atom stereocenters. The van der Waals surface area contributed by atoms with Crippen molar-refractivity contribution < 1.29 is 9.59 Å². The molecule has 1 aromatic carbocycles. The van der Waals surface area contributed by atoms with Crippen LogP contribution >= 0.6 is 0 Å². The minimum Gasteiger partial charge on any atom is -0.329 e. The van der Waals surface area contributed by atoms with Crippen molar-refractivity contribution in [2.24, 2.45) is 0 Å². The van der Waals surface area contributed by atoms with E-state index in [1.54, 1.807) is 24.3 Å². The number of rotatable bonds is 3. The molecule has 0 bridgehead atoms. The number of benzene rings is 1. The SMILES string of the molecule is CC1(C)CCCC(C)(C)N1C(=O)c1ccc(NC=O)cc1. The summed E-state index contributed by atoms with van der Waals surface area (Å²) in [6.45, 7) is 8.53. The van der Waals surface area contributed by atoms with Gasteiger partial charge in [0.15, 0.2) is 0 Å². The minimum atomic E-state index is -0.140. The van der Waals surface area contributed by atoms with Gasteiger partial charge in [-0.3, -0.25) is 9.59 Å². The van der Waals surface area contributed by atoms with Gasteiger partial charge < -0.3 is 10.2 Å². The number of anilines is 1. The first-order chi connectivity index (χ1) is 9.78. The minimum absolute atomic E-state index is 0.0577. The zero-order valence-corrected chi connectivity index (χ0v) is 13.3. The van der Waals surface area contributed by atoms with E-state index in [9.17, 15) is 9.59 Å². The number of amides is 2. The fourth-order valence-electron chi connectivity index (χ4n) is 3.45. The van der Waals surface area contributed by atoms with E-state index >= 15 is 0 Å². The maximum absolute atomic E-state index is 12.9. The van der Waals surface area contributed by atoms with E-state index in [1.165, 1.54) is 0 Å². The number of carbonyl (C=O) groups excluding carboxylic acids is 2. The van der Waals surface area contributed by atoms with Crippen LogP contribution in [0.2, 0.25) is 0 Å². The van der Waals surface area contributed by atoms with Crippen LogP contribution in [0.15, 0.2) is 24.3 Å². The van der Waals surface area contributed by atoms with Gasteiger partial charge in [-0.1, -0.05) is 0 Å². The molecule has 0 saturated carbocycles. The van der Waals surface area contributed by atoms with Gasteiger partial charge in [0.1, 0.15) is 0 Å². The summed E-state index contributed by atoms with van der Waals surface area (Å²) >= 11 is 0. The molecule has 4 heteroatoms. The Kier molecular flexibility index (Phi) is 4.08. The number of nitrogens with one attached hydrogen (secondary N) is 1. The topological polar surface area (TPSA) is 49.4 Å². The second-order valence-electron chi connectivity index (χ2n) is 6.96. The summed E-state index contributed by atoms with van der Waals surface area (Å²) in [4.78, 5) is 25.4. The molecule has 21 heavy (non-hydrogen) atoms. The van der Waals surface area contributed by atoms with Gasteiger partial charge in [0.25, 0.3) is 5.91 Å². The number of nitrogens with zero attached hydrogens (tertiary/aromatic N) is 1. The van der Waals surface area contributed by atoms with Gasteiger partial charge in [-0.05, 0) is 71.2 Å². The molecular weight excluding hydrogens is 264 g/mol. The average molecular weight is 288 g/mol. The molecule has 1 heterocycles. The van der Waals surface area contributed by atoms with Crippen molar-refractivity contribution in [1.82, 2.24) is 4.90 Å². The van der Waals surface area contributed by atoms with E-state index in [2.05, 4.69) is 33.0 Å². The van der Waals surface area contributed by atoms with Crippen molar-refractivity contribution >= 4 is 18.0 Å². The Morgan fingerprint density at radius 3 is 2.10 bits per heavy atom. The van der Waals surface area contributed by atoms with Crippen LogP contribution in [-0.4, -0.2) is 28.3 Å². The first-order valence-corrected chi connectivity index (χ1v) is 7.43. The molecule has 0 aliphatic carbocycles.